The maximum Gasteiger partial charge on any atom is 0.239 e. The summed E-state index contributed by atoms with van der Waals surface area (Å²) in [5.41, 5.74) is 6.00. The molecular weight excluding hydrogens is 352 g/mol. The van der Waals surface area contributed by atoms with Crippen LogP contribution in [0.15, 0.2) is 0 Å². The van der Waals surface area contributed by atoms with Crippen LogP contribution in [0, 0.1) is 11.8 Å². The van der Waals surface area contributed by atoms with E-state index in [0.29, 0.717) is 19.0 Å². The highest BCUT2D eigenvalue weighted by Gasteiger charge is 2.29. The van der Waals surface area contributed by atoms with E-state index < -0.39 is 6.04 Å². The molecule has 0 saturated carbocycles. The predicted octanol–water partition coefficient (Wildman–Crippen LogP) is 1.62. The molecule has 0 radical (unpaired) electrons. The van der Waals surface area contributed by atoms with Crippen molar-refractivity contribution in [2.75, 3.05) is 39.3 Å². The van der Waals surface area contributed by atoms with Gasteiger partial charge in [-0.3, -0.25) is 9.59 Å². The van der Waals surface area contributed by atoms with Crippen LogP contribution in [0.5, 0.6) is 0 Å². The molecule has 1 atom stereocenters. The quantitative estimate of drug-likeness (QED) is 0.619. The number of nitrogens with zero attached hydrogens (tertiary/aromatic N) is 2. The molecule has 2 saturated heterocycles. The molecule has 2 aliphatic heterocycles. The van der Waals surface area contributed by atoms with Gasteiger partial charge in [0.1, 0.15) is 0 Å². The first kappa shape index (κ1) is 23.2. The first-order chi connectivity index (χ1) is 12.0. The number of likely N-dealkylation sites (tertiary alicyclic amines) is 2. The van der Waals surface area contributed by atoms with Crippen molar-refractivity contribution in [3.05, 3.63) is 0 Å². The highest BCUT2D eigenvalue weighted by molar-refractivity contribution is 5.85. The molecule has 2 amide bonds. The maximum absolute atomic E-state index is 12.3. The average molecular weight is 389 g/mol. The number of nitrogens with two attached hydrogens (primary N) is 1. The molecule has 0 aromatic carbocycles. The molecule has 2 fully saturated rings. The van der Waals surface area contributed by atoms with Crippen LogP contribution in [0.3, 0.4) is 0 Å². The summed E-state index contributed by atoms with van der Waals surface area (Å²) in [6, 6.07) is -0.407. The van der Waals surface area contributed by atoms with Gasteiger partial charge in [0.2, 0.25) is 11.8 Å². The first-order valence-electron chi connectivity index (χ1n) is 10.0. The van der Waals surface area contributed by atoms with Gasteiger partial charge in [-0.25, -0.2) is 0 Å². The highest BCUT2D eigenvalue weighted by atomic mass is 35.5. The third kappa shape index (κ3) is 7.41. The Bertz CT molecular complexity index is 433. The maximum atomic E-state index is 12.3. The van der Waals surface area contributed by atoms with E-state index in [1.165, 1.54) is 25.9 Å². The molecule has 0 aliphatic carbocycles. The van der Waals surface area contributed by atoms with E-state index in [9.17, 15) is 9.59 Å². The van der Waals surface area contributed by atoms with Gasteiger partial charge in [-0.15, -0.1) is 12.4 Å². The lowest BCUT2D eigenvalue weighted by Gasteiger charge is -2.33. The SMILES string of the molecule is CC(C)C[C@H](N)C(=O)N1CCC(C(=O)NCCCN2CCCC2)CC1.Cl. The number of rotatable bonds is 8. The van der Waals surface area contributed by atoms with E-state index in [-0.39, 0.29) is 30.1 Å². The smallest absolute Gasteiger partial charge is 0.239 e. The Morgan fingerprint density at radius 3 is 2.31 bits per heavy atom. The van der Waals surface area contributed by atoms with Crippen molar-refractivity contribution in [3.8, 4) is 0 Å². The first-order valence-corrected chi connectivity index (χ1v) is 10.0. The molecule has 26 heavy (non-hydrogen) atoms. The number of hydrogen-bond donors (Lipinski definition) is 2. The summed E-state index contributed by atoms with van der Waals surface area (Å²) in [5.74, 6) is 0.651. The minimum Gasteiger partial charge on any atom is -0.356 e. The lowest BCUT2D eigenvalue weighted by Crippen LogP contribution is -2.49. The van der Waals surface area contributed by atoms with Gasteiger partial charge >= 0.3 is 0 Å². The van der Waals surface area contributed by atoms with Crippen LogP contribution in [0.4, 0.5) is 0 Å². The monoisotopic (exact) mass is 388 g/mol. The standard InChI is InChI=1S/C19H36N4O2.ClH/c1-15(2)14-17(20)19(25)23-12-6-16(7-13-23)18(24)21-8-5-11-22-9-3-4-10-22;/h15-17H,3-14,20H2,1-2H3,(H,21,24);1H/t17-;/m0./s1. The van der Waals surface area contributed by atoms with E-state index in [2.05, 4.69) is 24.1 Å². The molecule has 0 bridgehead atoms. The number of carbonyl (C=O) groups excluding carboxylic acids is 2. The number of hydrogen-bond acceptors (Lipinski definition) is 4. The zero-order chi connectivity index (χ0) is 18.2. The summed E-state index contributed by atoms with van der Waals surface area (Å²) in [4.78, 5) is 28.9. The van der Waals surface area contributed by atoms with Gasteiger partial charge in [-0.2, -0.15) is 0 Å². The van der Waals surface area contributed by atoms with Crippen LogP contribution >= 0.6 is 12.4 Å². The Morgan fingerprint density at radius 2 is 1.73 bits per heavy atom. The second kappa shape index (κ2) is 11.8. The van der Waals surface area contributed by atoms with E-state index in [4.69, 9.17) is 5.73 Å². The fraction of sp³-hybridized carbons (Fsp3) is 0.895. The second-order valence-corrected chi connectivity index (χ2v) is 8.03. The Morgan fingerprint density at radius 1 is 1.12 bits per heavy atom. The van der Waals surface area contributed by atoms with Crippen molar-refractivity contribution in [1.82, 2.24) is 15.1 Å². The average Bonchev–Trinajstić information content (AvgIpc) is 3.11. The van der Waals surface area contributed by atoms with Crippen LogP contribution in [0.1, 0.15) is 52.4 Å². The van der Waals surface area contributed by atoms with Crippen molar-refractivity contribution in [3.63, 3.8) is 0 Å². The minimum atomic E-state index is -0.407. The van der Waals surface area contributed by atoms with Gasteiger partial charge in [-0.05, 0) is 64.1 Å². The molecule has 3 N–H and O–H groups in total. The molecule has 2 rings (SSSR count). The molecule has 6 nitrogen and oxygen atoms in total. The number of amides is 2. The fourth-order valence-corrected chi connectivity index (χ4v) is 3.87. The normalized spacial score (nSPS) is 20.1. The number of piperidine rings is 1. The van der Waals surface area contributed by atoms with Gasteiger partial charge in [-0.1, -0.05) is 13.8 Å². The zero-order valence-corrected chi connectivity index (χ0v) is 17.2. The fourth-order valence-electron chi connectivity index (χ4n) is 3.87. The molecule has 0 unspecified atom stereocenters. The molecule has 152 valence electrons. The summed E-state index contributed by atoms with van der Waals surface area (Å²) in [6.45, 7) is 9.71. The molecule has 7 heteroatoms. The van der Waals surface area contributed by atoms with E-state index in [1.807, 2.05) is 4.90 Å². The number of halogens is 1. The van der Waals surface area contributed by atoms with Gasteiger partial charge < -0.3 is 20.9 Å². The summed E-state index contributed by atoms with van der Waals surface area (Å²) >= 11 is 0. The van der Waals surface area contributed by atoms with Crippen LogP contribution in [0.2, 0.25) is 0 Å². The molecule has 2 heterocycles. The minimum absolute atomic E-state index is 0. The summed E-state index contributed by atoms with van der Waals surface area (Å²) in [5, 5.41) is 3.08. The van der Waals surface area contributed by atoms with Gasteiger partial charge in [0, 0.05) is 25.6 Å². The Hall–Kier alpha value is -0.850. The van der Waals surface area contributed by atoms with Gasteiger partial charge in [0.25, 0.3) is 0 Å². The highest BCUT2D eigenvalue weighted by Crippen LogP contribution is 2.19. The van der Waals surface area contributed by atoms with Crippen LogP contribution in [-0.4, -0.2) is 66.9 Å². The third-order valence-electron chi connectivity index (χ3n) is 5.37. The van der Waals surface area contributed by atoms with Crippen molar-refractivity contribution in [2.24, 2.45) is 17.6 Å². The van der Waals surface area contributed by atoms with E-state index >= 15 is 0 Å². The molecule has 0 aromatic rings. The zero-order valence-electron chi connectivity index (χ0n) is 16.4. The molecule has 0 aromatic heterocycles. The summed E-state index contributed by atoms with van der Waals surface area (Å²) in [6.07, 6.45) is 5.86. The number of nitrogens with one attached hydrogen (secondary N) is 1. The Balaban J connectivity index is 0.00000338. The van der Waals surface area contributed by atoms with E-state index in [1.54, 1.807) is 0 Å². The van der Waals surface area contributed by atoms with Crippen molar-refractivity contribution >= 4 is 24.2 Å². The van der Waals surface area contributed by atoms with Crippen LogP contribution in [0.25, 0.3) is 0 Å². The lowest BCUT2D eigenvalue weighted by atomic mass is 9.94. The Labute approximate surface area is 164 Å². The van der Waals surface area contributed by atoms with Gasteiger partial charge in [0.15, 0.2) is 0 Å². The predicted molar refractivity (Wildman–Crippen MR) is 107 cm³/mol. The molecule has 2 aliphatic rings. The topological polar surface area (TPSA) is 78.7 Å². The molecule has 0 spiro atoms. The third-order valence-corrected chi connectivity index (χ3v) is 5.37. The number of carbonyl (C=O) groups is 2. The van der Waals surface area contributed by atoms with Crippen LogP contribution < -0.4 is 11.1 Å². The van der Waals surface area contributed by atoms with E-state index in [0.717, 1.165) is 38.8 Å². The van der Waals surface area contributed by atoms with Crippen molar-refractivity contribution in [2.45, 2.75) is 58.4 Å². The second-order valence-electron chi connectivity index (χ2n) is 8.03. The van der Waals surface area contributed by atoms with Crippen LogP contribution in [-0.2, 0) is 9.59 Å². The van der Waals surface area contributed by atoms with Crippen molar-refractivity contribution in [1.29, 1.82) is 0 Å². The van der Waals surface area contributed by atoms with Gasteiger partial charge in [0.05, 0.1) is 6.04 Å². The molecular formula is C19H37ClN4O2. The van der Waals surface area contributed by atoms with Crippen molar-refractivity contribution < 1.29 is 9.59 Å². The summed E-state index contributed by atoms with van der Waals surface area (Å²) in [7, 11) is 0. The largest absolute Gasteiger partial charge is 0.356 e. The summed E-state index contributed by atoms with van der Waals surface area (Å²) < 4.78 is 0. The Kier molecular flexibility index (Phi) is 10.5. The lowest BCUT2D eigenvalue weighted by molar-refractivity contribution is -0.137.